The number of ether oxygens (including phenoxy) is 1. The maximum absolute atomic E-state index is 13.9. The van der Waals surface area contributed by atoms with Gasteiger partial charge >= 0.3 is 5.97 Å². The Hall–Kier alpha value is -3.39. The third-order valence-corrected chi connectivity index (χ3v) is 5.75. The molecule has 8 heteroatoms. The molecule has 0 saturated heterocycles. The van der Waals surface area contributed by atoms with Gasteiger partial charge < -0.3 is 10.1 Å². The number of allylic oxidation sites excluding steroid dienone is 2. The zero-order chi connectivity index (χ0) is 21.8. The van der Waals surface area contributed by atoms with Crippen LogP contribution in [0.2, 0.25) is 0 Å². The quantitative estimate of drug-likeness (QED) is 0.441. The zero-order valence-corrected chi connectivity index (χ0v) is 17.9. The van der Waals surface area contributed by atoms with E-state index >= 15 is 0 Å². The summed E-state index contributed by atoms with van der Waals surface area (Å²) in [5.41, 5.74) is 2.69. The molecule has 3 aromatic rings. The van der Waals surface area contributed by atoms with E-state index in [0.29, 0.717) is 33.7 Å². The van der Waals surface area contributed by atoms with Crippen LogP contribution < -0.4 is 5.32 Å². The highest BCUT2D eigenvalue weighted by Crippen LogP contribution is 2.34. The lowest BCUT2D eigenvalue weighted by Gasteiger charge is -2.25. The first-order chi connectivity index (χ1) is 15.1. The number of anilines is 1. The molecule has 4 rings (SSSR count). The number of esters is 1. The minimum absolute atomic E-state index is 0.258. The number of carbonyl (C=O) groups excluding carboxylic acids is 1. The van der Waals surface area contributed by atoms with Gasteiger partial charge in [0, 0.05) is 11.4 Å². The maximum Gasteiger partial charge on any atom is 0.338 e. The van der Waals surface area contributed by atoms with Crippen molar-refractivity contribution < 1.29 is 13.9 Å². The largest absolute Gasteiger partial charge is 0.466 e. The Kier molecular flexibility index (Phi) is 6.18. The lowest BCUT2D eigenvalue weighted by Crippen LogP contribution is -2.27. The molecule has 0 amide bonds. The van der Waals surface area contributed by atoms with Gasteiger partial charge in [0.1, 0.15) is 11.9 Å². The summed E-state index contributed by atoms with van der Waals surface area (Å²) in [4.78, 5) is 17.0. The molecule has 0 radical (unpaired) electrons. The molecule has 0 aliphatic carbocycles. The van der Waals surface area contributed by atoms with Crippen LogP contribution in [-0.4, -0.2) is 27.8 Å². The number of fused-ring (bicyclic) bond motifs is 1. The number of methoxy groups -OCH3 is 1. The SMILES string of the molecule is COC(=O)C1=C(C)Nc2nc(SCc3ccccc3F)nn2C1/C=C/c1ccccc1. The van der Waals surface area contributed by atoms with Crippen LogP contribution in [0.1, 0.15) is 24.1 Å². The Morgan fingerprint density at radius 3 is 2.71 bits per heavy atom. The Morgan fingerprint density at radius 2 is 1.97 bits per heavy atom. The van der Waals surface area contributed by atoms with Gasteiger partial charge in [-0.25, -0.2) is 13.9 Å². The van der Waals surface area contributed by atoms with Crippen LogP contribution in [0.3, 0.4) is 0 Å². The molecule has 1 aliphatic rings. The first-order valence-electron chi connectivity index (χ1n) is 9.69. The van der Waals surface area contributed by atoms with Gasteiger partial charge in [0.2, 0.25) is 11.1 Å². The van der Waals surface area contributed by atoms with E-state index in [4.69, 9.17) is 4.74 Å². The van der Waals surface area contributed by atoms with Gasteiger partial charge in [0.05, 0.1) is 12.7 Å². The summed E-state index contributed by atoms with van der Waals surface area (Å²) >= 11 is 1.33. The van der Waals surface area contributed by atoms with Crippen molar-refractivity contribution >= 4 is 29.8 Å². The minimum atomic E-state index is -0.487. The molecule has 2 heterocycles. The fraction of sp³-hybridized carbons (Fsp3) is 0.174. The Bertz CT molecular complexity index is 1160. The fourth-order valence-corrected chi connectivity index (χ4v) is 4.12. The first kappa shape index (κ1) is 20.9. The molecular formula is C23H21FN4O2S. The first-order valence-corrected chi connectivity index (χ1v) is 10.7. The number of aromatic nitrogens is 3. The van der Waals surface area contributed by atoms with Gasteiger partial charge in [-0.3, -0.25) is 0 Å². The van der Waals surface area contributed by atoms with E-state index in [1.54, 1.807) is 29.8 Å². The summed E-state index contributed by atoms with van der Waals surface area (Å²) in [6.07, 6.45) is 3.83. The highest BCUT2D eigenvalue weighted by molar-refractivity contribution is 7.98. The Morgan fingerprint density at radius 1 is 1.23 bits per heavy atom. The molecule has 0 spiro atoms. The van der Waals surface area contributed by atoms with E-state index in [1.807, 2.05) is 42.5 Å². The predicted molar refractivity (Wildman–Crippen MR) is 119 cm³/mol. The standard InChI is InChI=1S/C23H21FN4O2S/c1-15-20(21(29)30-2)19(13-12-16-8-4-3-5-9-16)28-22(25-15)26-23(27-28)31-14-17-10-6-7-11-18(17)24/h3-13,19H,14H2,1-2H3,(H,25,26,27)/b13-12+. The maximum atomic E-state index is 13.9. The van der Waals surface area contributed by atoms with Crippen molar-refractivity contribution in [1.29, 1.82) is 0 Å². The van der Waals surface area contributed by atoms with Crippen molar-refractivity contribution in [3.05, 3.63) is 88.9 Å². The average Bonchev–Trinajstić information content (AvgIpc) is 3.19. The third-order valence-electron chi connectivity index (χ3n) is 4.86. The van der Waals surface area contributed by atoms with Crippen molar-refractivity contribution in [3.8, 4) is 0 Å². The van der Waals surface area contributed by atoms with Crippen LogP contribution in [0.4, 0.5) is 10.3 Å². The number of rotatable bonds is 6. The third kappa shape index (κ3) is 4.54. The van der Waals surface area contributed by atoms with Crippen molar-refractivity contribution in [2.24, 2.45) is 0 Å². The molecule has 2 aromatic carbocycles. The summed E-state index contributed by atoms with van der Waals surface area (Å²) < 4.78 is 20.6. The summed E-state index contributed by atoms with van der Waals surface area (Å²) in [5, 5.41) is 8.20. The Labute approximate surface area is 183 Å². The molecule has 0 saturated carbocycles. The second-order valence-corrected chi connectivity index (χ2v) is 7.86. The molecule has 0 bridgehead atoms. The van der Waals surface area contributed by atoms with E-state index in [0.717, 1.165) is 5.56 Å². The van der Waals surface area contributed by atoms with E-state index < -0.39 is 12.0 Å². The molecule has 158 valence electrons. The van der Waals surface area contributed by atoms with Crippen LogP contribution in [0, 0.1) is 5.82 Å². The number of thioether (sulfide) groups is 1. The van der Waals surface area contributed by atoms with Crippen LogP contribution in [-0.2, 0) is 15.3 Å². The van der Waals surface area contributed by atoms with E-state index in [-0.39, 0.29) is 5.82 Å². The highest BCUT2D eigenvalue weighted by Gasteiger charge is 2.32. The van der Waals surface area contributed by atoms with Crippen LogP contribution in [0.15, 0.2) is 77.1 Å². The fourth-order valence-electron chi connectivity index (χ4n) is 3.31. The second kappa shape index (κ2) is 9.18. The summed E-state index contributed by atoms with van der Waals surface area (Å²) in [6, 6.07) is 15.9. The number of hydrogen-bond acceptors (Lipinski definition) is 6. The predicted octanol–water partition coefficient (Wildman–Crippen LogP) is 4.84. The van der Waals surface area contributed by atoms with Gasteiger partial charge in [0.15, 0.2) is 0 Å². The van der Waals surface area contributed by atoms with Crippen molar-refractivity contribution in [1.82, 2.24) is 14.8 Å². The number of nitrogens with one attached hydrogen (secondary N) is 1. The lowest BCUT2D eigenvalue weighted by atomic mass is 10.0. The van der Waals surface area contributed by atoms with E-state index in [1.165, 1.54) is 24.9 Å². The second-order valence-electron chi connectivity index (χ2n) is 6.91. The smallest absolute Gasteiger partial charge is 0.338 e. The van der Waals surface area contributed by atoms with Gasteiger partial charge in [-0.05, 0) is 24.1 Å². The number of hydrogen-bond donors (Lipinski definition) is 1. The summed E-state index contributed by atoms with van der Waals surface area (Å²) in [7, 11) is 1.35. The number of nitrogens with zero attached hydrogens (tertiary/aromatic N) is 3. The molecule has 6 nitrogen and oxygen atoms in total. The molecule has 1 atom stereocenters. The normalized spacial score (nSPS) is 15.6. The van der Waals surface area contributed by atoms with Gasteiger partial charge in [0.25, 0.3) is 0 Å². The molecule has 31 heavy (non-hydrogen) atoms. The molecule has 1 aliphatic heterocycles. The Balaban J connectivity index is 1.64. The van der Waals surface area contributed by atoms with Crippen LogP contribution in [0.5, 0.6) is 0 Å². The molecular weight excluding hydrogens is 415 g/mol. The topological polar surface area (TPSA) is 69.0 Å². The monoisotopic (exact) mass is 436 g/mol. The molecule has 1 aromatic heterocycles. The van der Waals surface area contributed by atoms with Gasteiger partial charge in [-0.1, -0.05) is 72.4 Å². The van der Waals surface area contributed by atoms with Crippen molar-refractivity contribution in [2.45, 2.75) is 23.9 Å². The number of carbonyl (C=O) groups is 1. The molecule has 1 unspecified atom stereocenters. The van der Waals surface area contributed by atoms with E-state index in [2.05, 4.69) is 15.4 Å². The molecule has 0 fully saturated rings. The van der Waals surface area contributed by atoms with E-state index in [9.17, 15) is 9.18 Å². The lowest BCUT2D eigenvalue weighted by molar-refractivity contribution is -0.136. The summed E-state index contributed by atoms with van der Waals surface area (Å²) in [6.45, 7) is 1.81. The van der Waals surface area contributed by atoms with Crippen molar-refractivity contribution in [3.63, 3.8) is 0 Å². The molecule has 1 N–H and O–H groups in total. The van der Waals surface area contributed by atoms with Crippen LogP contribution in [0.25, 0.3) is 6.08 Å². The zero-order valence-electron chi connectivity index (χ0n) is 17.1. The minimum Gasteiger partial charge on any atom is -0.466 e. The van der Waals surface area contributed by atoms with Gasteiger partial charge in [-0.15, -0.1) is 5.10 Å². The van der Waals surface area contributed by atoms with Gasteiger partial charge in [-0.2, -0.15) is 4.98 Å². The van der Waals surface area contributed by atoms with Crippen LogP contribution >= 0.6 is 11.8 Å². The highest BCUT2D eigenvalue weighted by atomic mass is 32.2. The number of benzene rings is 2. The van der Waals surface area contributed by atoms with Crippen molar-refractivity contribution in [2.75, 3.05) is 12.4 Å². The average molecular weight is 437 g/mol. The number of halogens is 1. The summed E-state index contributed by atoms with van der Waals surface area (Å²) in [5.74, 6) is 0.223.